The lowest BCUT2D eigenvalue weighted by Crippen LogP contribution is -2.17. The van der Waals surface area contributed by atoms with E-state index in [4.69, 9.17) is 0 Å². The molecule has 3 rings (SSSR count). The molecule has 0 saturated heterocycles. The molecule has 0 atom stereocenters. The number of hydrogen-bond acceptors (Lipinski definition) is 3. The third kappa shape index (κ3) is 4.58. The Kier molecular flexibility index (Phi) is 5.23. The highest BCUT2D eigenvalue weighted by molar-refractivity contribution is 7.99. The number of benzene rings is 2. The second-order valence-corrected chi connectivity index (χ2v) is 8.25. The van der Waals surface area contributed by atoms with Crippen molar-refractivity contribution in [1.29, 1.82) is 0 Å². The highest BCUT2D eigenvalue weighted by Gasteiger charge is 2.13. The lowest BCUT2D eigenvalue weighted by Gasteiger charge is -2.19. The van der Waals surface area contributed by atoms with Crippen LogP contribution >= 0.6 is 11.8 Å². The van der Waals surface area contributed by atoms with Gasteiger partial charge in [0.05, 0.1) is 5.75 Å². The van der Waals surface area contributed by atoms with Gasteiger partial charge in [-0.3, -0.25) is 9.89 Å². The fourth-order valence-corrected chi connectivity index (χ4v) is 3.29. The van der Waals surface area contributed by atoms with Crippen LogP contribution in [0.15, 0.2) is 53.7 Å². The van der Waals surface area contributed by atoms with Crippen molar-refractivity contribution in [1.82, 2.24) is 15.0 Å². The molecule has 3 aromatic rings. The predicted molar refractivity (Wildman–Crippen MR) is 112 cm³/mol. The quantitative estimate of drug-likeness (QED) is 0.624. The molecule has 0 fully saturated rings. The van der Waals surface area contributed by atoms with E-state index in [1.165, 1.54) is 22.9 Å². The number of H-pyrrole nitrogens is 1. The standard InChI is InChI=1S/C20H24N4OS.2H2/c1-20(2,3)16-9-5-14(6-10-16)15-7-11-17(12-8-15)21-18(25)13-26-19-22-24(4)23-19;;/h5-12H,13H2,1-4H3,(H,21,25)(H,22,23);2*1H. The average Bonchev–Trinajstić information content (AvgIpc) is 2.58. The van der Waals surface area contributed by atoms with E-state index in [-0.39, 0.29) is 14.2 Å². The van der Waals surface area contributed by atoms with E-state index in [0.717, 1.165) is 16.4 Å². The van der Waals surface area contributed by atoms with Crippen LogP contribution in [0, 0.1) is 0 Å². The van der Waals surface area contributed by atoms with Gasteiger partial charge in [0.1, 0.15) is 0 Å². The normalized spacial score (nSPS) is 11.5. The van der Waals surface area contributed by atoms with E-state index >= 15 is 0 Å². The average molecular weight is 373 g/mol. The first-order valence-corrected chi connectivity index (χ1v) is 9.52. The zero-order valence-electron chi connectivity index (χ0n) is 15.5. The Morgan fingerprint density at radius 1 is 1.12 bits per heavy atom. The fraction of sp³-hybridized carbons (Fsp3) is 0.300. The first kappa shape index (κ1) is 18.3. The maximum atomic E-state index is 12.0. The molecule has 0 aliphatic rings. The summed E-state index contributed by atoms with van der Waals surface area (Å²) in [6.45, 7) is 6.64. The Bertz CT molecular complexity index is 868. The molecule has 0 spiro atoms. The molecule has 0 aliphatic heterocycles. The molecular formula is C20H28N4OS. The maximum Gasteiger partial charge on any atom is 0.234 e. The third-order valence-electron chi connectivity index (χ3n) is 4.09. The predicted octanol–water partition coefficient (Wildman–Crippen LogP) is 4.94. The Morgan fingerprint density at radius 3 is 2.15 bits per heavy atom. The van der Waals surface area contributed by atoms with Gasteiger partial charge in [-0.2, -0.15) is 0 Å². The largest absolute Gasteiger partial charge is 0.325 e. The van der Waals surface area contributed by atoms with Crippen molar-refractivity contribution < 1.29 is 7.65 Å². The number of nitrogens with zero attached hydrogens (tertiary/aromatic N) is 2. The summed E-state index contributed by atoms with van der Waals surface area (Å²) >= 11 is 1.38. The molecular weight excluding hydrogens is 344 g/mol. The van der Waals surface area contributed by atoms with Crippen molar-refractivity contribution in [2.75, 3.05) is 11.1 Å². The fourth-order valence-electron chi connectivity index (χ4n) is 2.58. The van der Waals surface area contributed by atoms with Gasteiger partial charge in [-0.1, -0.05) is 68.9 Å². The molecule has 140 valence electrons. The Labute approximate surface area is 161 Å². The molecule has 5 nitrogen and oxygen atoms in total. The number of amides is 1. The number of carbonyl (C=O) groups is 1. The number of aromatic nitrogens is 3. The molecule has 1 amide bonds. The van der Waals surface area contributed by atoms with Crippen molar-refractivity contribution in [3.8, 4) is 11.1 Å². The first-order chi connectivity index (χ1) is 12.3. The number of aryl methyl sites for hydroxylation is 1. The Balaban J connectivity index is 0.00000196. The minimum Gasteiger partial charge on any atom is -0.325 e. The molecule has 0 unspecified atom stereocenters. The molecule has 1 aromatic heterocycles. The molecule has 6 heteroatoms. The van der Waals surface area contributed by atoms with Crippen molar-refractivity contribution in [2.45, 2.75) is 31.3 Å². The number of carbonyl (C=O) groups excluding carboxylic acids is 1. The summed E-state index contributed by atoms with van der Waals surface area (Å²) in [4.78, 5) is 13.6. The van der Waals surface area contributed by atoms with Crippen molar-refractivity contribution in [3.05, 3.63) is 54.1 Å². The van der Waals surface area contributed by atoms with Crippen LogP contribution < -0.4 is 5.32 Å². The molecule has 0 saturated carbocycles. The van der Waals surface area contributed by atoms with E-state index in [0.29, 0.717) is 5.75 Å². The summed E-state index contributed by atoms with van der Waals surface area (Å²) in [7, 11) is 1.81. The summed E-state index contributed by atoms with van der Waals surface area (Å²) in [5.41, 5.74) is 4.57. The minimum atomic E-state index is -0.0451. The lowest BCUT2D eigenvalue weighted by molar-refractivity contribution is -0.113. The highest BCUT2D eigenvalue weighted by Crippen LogP contribution is 2.27. The number of thioether (sulfide) groups is 1. The minimum absolute atomic E-state index is 0. The molecule has 1 heterocycles. The van der Waals surface area contributed by atoms with Crippen LogP contribution in [-0.2, 0) is 17.3 Å². The Hall–Kier alpha value is -2.47. The molecule has 0 radical (unpaired) electrons. The molecule has 26 heavy (non-hydrogen) atoms. The van der Waals surface area contributed by atoms with E-state index in [1.54, 1.807) is 4.80 Å². The molecule has 2 aromatic carbocycles. The summed E-state index contributed by atoms with van der Waals surface area (Å²) in [6.07, 6.45) is 0. The smallest absolute Gasteiger partial charge is 0.234 e. The van der Waals surface area contributed by atoms with Crippen molar-refractivity contribution in [3.63, 3.8) is 0 Å². The van der Waals surface area contributed by atoms with Crippen LogP contribution in [0.4, 0.5) is 5.69 Å². The summed E-state index contributed by atoms with van der Waals surface area (Å²) < 4.78 is 0. The number of anilines is 1. The summed E-state index contributed by atoms with van der Waals surface area (Å²) in [5, 5.41) is 10.7. The topological polar surface area (TPSA) is 62.7 Å². The second kappa shape index (κ2) is 7.41. The third-order valence-corrected chi connectivity index (χ3v) is 4.94. The molecule has 0 aliphatic carbocycles. The monoisotopic (exact) mass is 372 g/mol. The van der Waals surface area contributed by atoms with Crippen LogP contribution in [0.1, 0.15) is 29.2 Å². The number of rotatable bonds is 5. The van der Waals surface area contributed by atoms with Gasteiger partial charge in [-0.05, 0) is 34.2 Å². The second-order valence-electron chi connectivity index (χ2n) is 7.28. The summed E-state index contributed by atoms with van der Waals surface area (Å²) in [5.74, 6) is 0.284. The zero-order chi connectivity index (χ0) is 18.7. The highest BCUT2D eigenvalue weighted by atomic mass is 32.2. The van der Waals surface area contributed by atoms with Gasteiger partial charge in [-0.25, -0.2) is 4.80 Å². The number of nitrogens with one attached hydrogen (secondary N) is 2. The van der Waals surface area contributed by atoms with Gasteiger partial charge in [-0.15, -0.1) is 5.10 Å². The van der Waals surface area contributed by atoms with E-state index in [1.807, 2.05) is 31.3 Å². The molecule has 0 bridgehead atoms. The lowest BCUT2D eigenvalue weighted by atomic mass is 9.86. The van der Waals surface area contributed by atoms with Gasteiger partial charge in [0.15, 0.2) is 0 Å². The van der Waals surface area contributed by atoms with Crippen LogP contribution in [0.3, 0.4) is 0 Å². The SMILES string of the molecule is Cn1nc(SCC(=O)Nc2ccc(-c3ccc(C(C)(C)C)cc3)cc2)[nH]1.[HH].[HH]. The number of hydrogen-bond donors (Lipinski definition) is 2. The van der Waals surface area contributed by atoms with Crippen LogP contribution in [0.5, 0.6) is 0 Å². The van der Waals surface area contributed by atoms with Gasteiger partial charge in [0, 0.05) is 15.6 Å². The first-order valence-electron chi connectivity index (χ1n) is 8.54. The van der Waals surface area contributed by atoms with Gasteiger partial charge < -0.3 is 5.32 Å². The van der Waals surface area contributed by atoms with Gasteiger partial charge in [0.25, 0.3) is 0 Å². The number of aromatic amines is 1. The van der Waals surface area contributed by atoms with E-state index in [9.17, 15) is 4.79 Å². The van der Waals surface area contributed by atoms with Crippen LogP contribution in [0.25, 0.3) is 11.1 Å². The maximum absolute atomic E-state index is 12.0. The Morgan fingerprint density at radius 2 is 1.65 bits per heavy atom. The van der Waals surface area contributed by atoms with Gasteiger partial charge >= 0.3 is 0 Å². The van der Waals surface area contributed by atoms with Crippen LogP contribution in [-0.4, -0.2) is 26.7 Å². The van der Waals surface area contributed by atoms with Crippen molar-refractivity contribution >= 4 is 23.4 Å². The zero-order valence-corrected chi connectivity index (χ0v) is 16.4. The van der Waals surface area contributed by atoms with E-state index < -0.39 is 0 Å². The summed E-state index contributed by atoms with van der Waals surface area (Å²) in [6, 6.07) is 16.6. The molecule has 2 N–H and O–H groups in total. The van der Waals surface area contributed by atoms with E-state index in [2.05, 4.69) is 60.6 Å². The van der Waals surface area contributed by atoms with Crippen molar-refractivity contribution in [2.24, 2.45) is 7.05 Å². The van der Waals surface area contributed by atoms with Crippen LogP contribution in [0.2, 0.25) is 0 Å². The van der Waals surface area contributed by atoms with Gasteiger partial charge in [0.2, 0.25) is 11.1 Å².